The average molecular weight is 405 g/mol. The lowest BCUT2D eigenvalue weighted by molar-refractivity contribution is -0.137. The predicted molar refractivity (Wildman–Crippen MR) is 108 cm³/mol. The van der Waals surface area contributed by atoms with Crippen molar-refractivity contribution in [3.63, 3.8) is 0 Å². The largest absolute Gasteiger partial charge is 0.496 e. The van der Waals surface area contributed by atoms with Gasteiger partial charge in [-0.1, -0.05) is 0 Å². The zero-order valence-electron chi connectivity index (χ0n) is 17.8. The van der Waals surface area contributed by atoms with Crippen LogP contribution in [-0.4, -0.2) is 87.1 Å². The van der Waals surface area contributed by atoms with Gasteiger partial charge in [0.1, 0.15) is 5.75 Å². The molecule has 0 saturated carbocycles. The first-order valence-electron chi connectivity index (χ1n) is 10.1. The van der Waals surface area contributed by atoms with Crippen molar-refractivity contribution in [1.29, 1.82) is 0 Å². The summed E-state index contributed by atoms with van der Waals surface area (Å²) >= 11 is 0. The van der Waals surface area contributed by atoms with Crippen LogP contribution in [0.25, 0.3) is 0 Å². The molecule has 0 aliphatic carbocycles. The Morgan fingerprint density at radius 3 is 2.17 bits per heavy atom. The van der Waals surface area contributed by atoms with E-state index in [1.54, 1.807) is 26.2 Å². The minimum atomic E-state index is -0.194. The summed E-state index contributed by atoms with van der Waals surface area (Å²) in [5, 5.41) is 0. The van der Waals surface area contributed by atoms with Gasteiger partial charge in [-0.25, -0.2) is 0 Å². The molecule has 0 spiro atoms. The number of likely N-dealkylation sites (tertiary alicyclic amines) is 1. The molecular formula is C21H31N3O5. The van der Waals surface area contributed by atoms with Gasteiger partial charge in [0.05, 0.1) is 27.2 Å². The van der Waals surface area contributed by atoms with Gasteiger partial charge in [0.2, 0.25) is 11.8 Å². The van der Waals surface area contributed by atoms with E-state index in [0.29, 0.717) is 50.6 Å². The topological polar surface area (TPSA) is 71.6 Å². The number of carbonyl (C=O) groups is 2. The molecule has 1 atom stereocenters. The van der Waals surface area contributed by atoms with Gasteiger partial charge in [-0.15, -0.1) is 0 Å². The molecule has 2 heterocycles. The first kappa shape index (κ1) is 21.2. The fourth-order valence-corrected chi connectivity index (χ4v) is 4.08. The van der Waals surface area contributed by atoms with E-state index >= 15 is 0 Å². The van der Waals surface area contributed by atoms with Crippen molar-refractivity contribution in [1.82, 2.24) is 14.7 Å². The summed E-state index contributed by atoms with van der Waals surface area (Å²) in [4.78, 5) is 30.7. The van der Waals surface area contributed by atoms with Crippen molar-refractivity contribution in [2.45, 2.75) is 19.9 Å². The molecule has 0 N–H and O–H groups in total. The van der Waals surface area contributed by atoms with Crippen LogP contribution in [0.1, 0.15) is 18.9 Å². The Morgan fingerprint density at radius 1 is 1.00 bits per heavy atom. The minimum absolute atomic E-state index is 0.0880. The van der Waals surface area contributed by atoms with Gasteiger partial charge in [-0.3, -0.25) is 14.5 Å². The molecule has 2 aliphatic rings. The molecular weight excluding hydrogens is 374 g/mol. The standard InChI is InChI=1S/C21H31N3O5/c1-5-23-14-16(11-20(23)25)21(26)24-8-6-22(7-9-24)13-15-10-18(28-3)19(29-4)12-17(15)27-2/h10,12,16H,5-9,11,13-14H2,1-4H3/t16-/m0/s1. The van der Waals surface area contributed by atoms with Crippen molar-refractivity contribution >= 4 is 11.8 Å². The molecule has 3 rings (SSSR count). The Hall–Kier alpha value is -2.48. The molecule has 0 aromatic heterocycles. The lowest BCUT2D eigenvalue weighted by Crippen LogP contribution is -2.50. The number of nitrogens with zero attached hydrogens (tertiary/aromatic N) is 3. The molecule has 2 amide bonds. The number of rotatable bonds is 7. The first-order valence-corrected chi connectivity index (χ1v) is 10.1. The Kier molecular flexibility index (Phi) is 6.84. The van der Waals surface area contributed by atoms with Crippen molar-refractivity contribution in [3.05, 3.63) is 17.7 Å². The third-order valence-corrected chi connectivity index (χ3v) is 5.81. The van der Waals surface area contributed by atoms with Crippen LogP contribution in [0.15, 0.2) is 12.1 Å². The first-order chi connectivity index (χ1) is 14.0. The highest BCUT2D eigenvalue weighted by Crippen LogP contribution is 2.35. The molecule has 8 nitrogen and oxygen atoms in total. The van der Waals surface area contributed by atoms with Gasteiger partial charge in [0.15, 0.2) is 11.5 Å². The number of hydrogen-bond acceptors (Lipinski definition) is 6. The number of carbonyl (C=O) groups excluding carboxylic acids is 2. The van der Waals surface area contributed by atoms with Gasteiger partial charge >= 0.3 is 0 Å². The zero-order valence-corrected chi connectivity index (χ0v) is 17.8. The van der Waals surface area contributed by atoms with E-state index in [1.807, 2.05) is 24.0 Å². The van der Waals surface area contributed by atoms with Crippen molar-refractivity contribution in [3.8, 4) is 17.2 Å². The highest BCUT2D eigenvalue weighted by molar-refractivity contribution is 5.89. The molecule has 8 heteroatoms. The van der Waals surface area contributed by atoms with Crippen molar-refractivity contribution in [2.24, 2.45) is 5.92 Å². The molecule has 0 bridgehead atoms. The van der Waals surface area contributed by atoms with Gasteiger partial charge in [0, 0.05) is 63.9 Å². The van der Waals surface area contributed by atoms with Crippen molar-refractivity contribution < 1.29 is 23.8 Å². The van der Waals surface area contributed by atoms with Crippen LogP contribution >= 0.6 is 0 Å². The summed E-state index contributed by atoms with van der Waals surface area (Å²) in [5.41, 5.74) is 1.02. The summed E-state index contributed by atoms with van der Waals surface area (Å²) in [7, 11) is 4.86. The maximum Gasteiger partial charge on any atom is 0.228 e. The summed E-state index contributed by atoms with van der Waals surface area (Å²) in [5.74, 6) is 2.06. The SMILES string of the molecule is CCN1C[C@@H](C(=O)N2CCN(Cc3cc(OC)c(OC)cc3OC)CC2)CC1=O. The van der Waals surface area contributed by atoms with Gasteiger partial charge in [-0.05, 0) is 13.0 Å². The quantitative estimate of drug-likeness (QED) is 0.679. The lowest BCUT2D eigenvalue weighted by atomic mass is 10.1. The summed E-state index contributed by atoms with van der Waals surface area (Å²) < 4.78 is 16.3. The smallest absolute Gasteiger partial charge is 0.228 e. The summed E-state index contributed by atoms with van der Waals surface area (Å²) in [6, 6.07) is 3.78. The fraction of sp³-hybridized carbons (Fsp3) is 0.619. The normalized spacial score (nSPS) is 20.1. The van der Waals surface area contributed by atoms with Gasteiger partial charge in [0.25, 0.3) is 0 Å². The molecule has 29 heavy (non-hydrogen) atoms. The number of piperazine rings is 1. The molecule has 0 unspecified atom stereocenters. The third kappa shape index (κ3) is 4.58. The zero-order chi connectivity index (χ0) is 21.0. The minimum Gasteiger partial charge on any atom is -0.496 e. The molecule has 2 saturated heterocycles. The highest BCUT2D eigenvalue weighted by Gasteiger charge is 2.36. The number of methoxy groups -OCH3 is 3. The van der Waals surface area contributed by atoms with E-state index in [0.717, 1.165) is 24.4 Å². The van der Waals surface area contributed by atoms with Crippen LogP contribution in [0.5, 0.6) is 17.2 Å². The van der Waals surface area contributed by atoms with E-state index in [9.17, 15) is 9.59 Å². The Bertz CT molecular complexity index is 746. The monoisotopic (exact) mass is 405 g/mol. The Balaban J connectivity index is 1.59. The average Bonchev–Trinajstić information content (AvgIpc) is 3.14. The summed E-state index contributed by atoms with van der Waals surface area (Å²) in [6.07, 6.45) is 0.343. The molecule has 0 radical (unpaired) electrons. The third-order valence-electron chi connectivity index (χ3n) is 5.81. The van der Waals surface area contributed by atoms with Crippen LogP contribution in [0.2, 0.25) is 0 Å². The highest BCUT2D eigenvalue weighted by atomic mass is 16.5. The van der Waals surface area contributed by atoms with Crippen LogP contribution < -0.4 is 14.2 Å². The van der Waals surface area contributed by atoms with Crippen LogP contribution in [0.3, 0.4) is 0 Å². The van der Waals surface area contributed by atoms with Crippen LogP contribution in [-0.2, 0) is 16.1 Å². The van der Waals surface area contributed by atoms with Gasteiger partial charge in [-0.2, -0.15) is 0 Å². The van der Waals surface area contributed by atoms with E-state index < -0.39 is 0 Å². The van der Waals surface area contributed by atoms with E-state index in [1.165, 1.54) is 0 Å². The van der Waals surface area contributed by atoms with E-state index in [4.69, 9.17) is 14.2 Å². The second kappa shape index (κ2) is 9.35. The molecule has 160 valence electrons. The molecule has 1 aromatic rings. The maximum atomic E-state index is 12.8. The van der Waals surface area contributed by atoms with Crippen molar-refractivity contribution in [2.75, 3.05) is 60.6 Å². The lowest BCUT2D eigenvalue weighted by Gasteiger charge is -2.36. The second-order valence-electron chi connectivity index (χ2n) is 7.45. The second-order valence-corrected chi connectivity index (χ2v) is 7.45. The number of benzene rings is 1. The number of hydrogen-bond donors (Lipinski definition) is 0. The van der Waals surface area contributed by atoms with E-state index in [-0.39, 0.29) is 17.7 Å². The predicted octanol–water partition coefficient (Wildman–Crippen LogP) is 1.23. The molecule has 1 aromatic carbocycles. The molecule has 2 fully saturated rings. The molecule has 2 aliphatic heterocycles. The van der Waals surface area contributed by atoms with Crippen LogP contribution in [0, 0.1) is 5.92 Å². The summed E-state index contributed by atoms with van der Waals surface area (Å²) in [6.45, 7) is 6.78. The maximum absolute atomic E-state index is 12.8. The van der Waals surface area contributed by atoms with Crippen LogP contribution in [0.4, 0.5) is 0 Å². The number of ether oxygens (including phenoxy) is 3. The Morgan fingerprint density at radius 2 is 1.62 bits per heavy atom. The number of amides is 2. The fourth-order valence-electron chi connectivity index (χ4n) is 4.08. The Labute approximate surface area is 172 Å². The van der Waals surface area contributed by atoms with Gasteiger partial charge < -0.3 is 24.0 Å². The van der Waals surface area contributed by atoms with E-state index in [2.05, 4.69) is 4.90 Å².